The first-order valence-corrected chi connectivity index (χ1v) is 17.2. The Bertz CT molecular complexity index is 2140. The van der Waals surface area contributed by atoms with Crippen molar-refractivity contribution in [2.24, 2.45) is 0 Å². The minimum atomic E-state index is 0.0684. The molecule has 0 unspecified atom stereocenters. The van der Waals surface area contributed by atoms with E-state index >= 15 is 0 Å². The molecular formula is C41H40N4O3. The quantitative estimate of drug-likeness (QED) is 0.175. The van der Waals surface area contributed by atoms with E-state index in [0.29, 0.717) is 23.1 Å². The number of aromatic nitrogens is 3. The van der Waals surface area contributed by atoms with E-state index < -0.39 is 0 Å². The van der Waals surface area contributed by atoms with Crippen molar-refractivity contribution in [3.63, 3.8) is 0 Å². The van der Waals surface area contributed by atoms with Crippen molar-refractivity contribution in [2.45, 2.75) is 51.0 Å². The molecule has 1 saturated heterocycles. The number of nitrogens with zero attached hydrogens (tertiary/aromatic N) is 4. The molecule has 2 aromatic heterocycles. The third-order valence-corrected chi connectivity index (χ3v) is 10.1. The number of hydrogen-bond acceptors (Lipinski definition) is 5. The Kier molecular flexibility index (Phi) is 8.04. The van der Waals surface area contributed by atoms with Crippen LogP contribution in [0.2, 0.25) is 0 Å². The highest BCUT2D eigenvalue weighted by Gasteiger charge is 2.24. The van der Waals surface area contributed by atoms with Crippen LogP contribution < -0.4 is 9.47 Å². The standard InChI is InChI=1S/C41H40N4O3/c1-47-38-21-17-27(26-39(38)48-2)32-18-14-30(41(46)44-22-8-9-23-44)25-33(32)35-20-15-28-24-29(16-19-34(28)42-35)40-43-36-12-6-7-13-37(36)45(40)31-10-4-3-5-11-31/h6-7,12-21,24-26,31H,3-5,8-11,22-23H2,1-2H3. The number of imidazole rings is 1. The van der Waals surface area contributed by atoms with Gasteiger partial charge in [-0.3, -0.25) is 4.79 Å². The van der Waals surface area contributed by atoms with Crippen molar-refractivity contribution < 1.29 is 14.3 Å². The first kappa shape index (κ1) is 30.2. The summed E-state index contributed by atoms with van der Waals surface area (Å²) < 4.78 is 13.6. The van der Waals surface area contributed by atoms with Crippen molar-refractivity contribution >= 4 is 27.8 Å². The van der Waals surface area contributed by atoms with Crippen LogP contribution in [0.15, 0.2) is 91.0 Å². The molecule has 3 heterocycles. The van der Waals surface area contributed by atoms with Gasteiger partial charge in [0, 0.05) is 41.2 Å². The average molecular weight is 637 g/mol. The van der Waals surface area contributed by atoms with Crippen LogP contribution in [0.5, 0.6) is 11.5 Å². The first-order valence-electron chi connectivity index (χ1n) is 17.2. The van der Waals surface area contributed by atoms with E-state index in [1.165, 1.54) is 37.6 Å². The lowest BCUT2D eigenvalue weighted by atomic mass is 9.94. The van der Waals surface area contributed by atoms with E-state index in [1.807, 2.05) is 41.3 Å². The van der Waals surface area contributed by atoms with Crippen LogP contribution in [-0.4, -0.2) is 52.7 Å². The number of likely N-dealkylation sites (tertiary alicyclic amines) is 1. The van der Waals surface area contributed by atoms with Crippen molar-refractivity contribution in [3.8, 4) is 45.3 Å². The maximum atomic E-state index is 13.5. The molecule has 6 aromatic rings. The second-order valence-electron chi connectivity index (χ2n) is 13.0. The van der Waals surface area contributed by atoms with Crippen LogP contribution in [0.3, 0.4) is 0 Å². The second-order valence-corrected chi connectivity index (χ2v) is 13.0. The Morgan fingerprint density at radius 2 is 1.48 bits per heavy atom. The summed E-state index contributed by atoms with van der Waals surface area (Å²) in [4.78, 5) is 25.8. The van der Waals surface area contributed by atoms with Gasteiger partial charge in [-0.15, -0.1) is 0 Å². The summed E-state index contributed by atoms with van der Waals surface area (Å²) in [5, 5.41) is 1.05. The molecule has 0 atom stereocenters. The van der Waals surface area contributed by atoms with Gasteiger partial charge in [0.15, 0.2) is 11.5 Å². The zero-order valence-electron chi connectivity index (χ0n) is 27.6. The lowest BCUT2D eigenvalue weighted by Gasteiger charge is -2.25. The highest BCUT2D eigenvalue weighted by Crippen LogP contribution is 2.39. The lowest BCUT2D eigenvalue weighted by Crippen LogP contribution is -2.27. The summed E-state index contributed by atoms with van der Waals surface area (Å²) in [6.45, 7) is 1.60. The molecule has 4 aromatic carbocycles. The maximum absolute atomic E-state index is 13.5. The molecule has 8 rings (SSSR count). The van der Waals surface area contributed by atoms with Crippen LogP contribution in [-0.2, 0) is 0 Å². The molecule has 48 heavy (non-hydrogen) atoms. The Labute approximate surface area is 281 Å². The number of benzene rings is 4. The van der Waals surface area contributed by atoms with Gasteiger partial charge in [0.2, 0.25) is 0 Å². The first-order chi connectivity index (χ1) is 23.6. The fourth-order valence-corrected chi connectivity index (χ4v) is 7.62. The second kappa shape index (κ2) is 12.8. The SMILES string of the molecule is COc1ccc(-c2ccc(C(=O)N3CCCC3)cc2-c2ccc3cc(-c4nc5ccccc5n4C4CCCCC4)ccc3n2)cc1OC. The highest BCUT2D eigenvalue weighted by molar-refractivity contribution is 5.98. The number of rotatable bonds is 7. The predicted octanol–water partition coefficient (Wildman–Crippen LogP) is 9.34. The molecule has 1 saturated carbocycles. The Morgan fingerprint density at radius 3 is 2.29 bits per heavy atom. The molecule has 0 radical (unpaired) electrons. The molecule has 2 aliphatic rings. The Balaban J connectivity index is 1.22. The van der Waals surface area contributed by atoms with Gasteiger partial charge < -0.3 is 18.9 Å². The number of para-hydroxylation sites is 2. The van der Waals surface area contributed by atoms with Gasteiger partial charge in [0.25, 0.3) is 5.91 Å². The van der Waals surface area contributed by atoms with Gasteiger partial charge in [-0.05, 0) is 97.5 Å². The number of fused-ring (bicyclic) bond motifs is 2. The van der Waals surface area contributed by atoms with Crippen LogP contribution in [0.1, 0.15) is 61.3 Å². The molecule has 2 fully saturated rings. The molecular weight excluding hydrogens is 596 g/mol. The van der Waals surface area contributed by atoms with Gasteiger partial charge in [0.05, 0.1) is 36.5 Å². The summed E-state index contributed by atoms with van der Waals surface area (Å²) in [6, 6.07) is 31.5. The normalized spacial score (nSPS) is 15.3. The zero-order chi connectivity index (χ0) is 32.6. The molecule has 7 nitrogen and oxygen atoms in total. The van der Waals surface area contributed by atoms with Crippen LogP contribution in [0.4, 0.5) is 0 Å². The molecule has 0 spiro atoms. The Hall–Kier alpha value is -5.17. The number of pyridine rings is 1. The minimum absolute atomic E-state index is 0.0684. The summed E-state index contributed by atoms with van der Waals surface area (Å²) in [5.74, 6) is 2.41. The fourth-order valence-electron chi connectivity index (χ4n) is 7.62. The van der Waals surface area contributed by atoms with Crippen LogP contribution in [0, 0.1) is 0 Å². The predicted molar refractivity (Wildman–Crippen MR) is 192 cm³/mol. The fraction of sp³-hybridized carbons (Fsp3) is 0.293. The number of methoxy groups -OCH3 is 2. The summed E-state index contributed by atoms with van der Waals surface area (Å²) in [6.07, 6.45) is 8.31. The van der Waals surface area contributed by atoms with E-state index in [-0.39, 0.29) is 5.91 Å². The number of amides is 1. The van der Waals surface area contributed by atoms with Crippen molar-refractivity contribution in [3.05, 3.63) is 96.6 Å². The summed E-state index contributed by atoms with van der Waals surface area (Å²) in [7, 11) is 3.28. The molecule has 7 heteroatoms. The van der Waals surface area contributed by atoms with Gasteiger partial charge in [-0.1, -0.05) is 49.6 Å². The summed E-state index contributed by atoms with van der Waals surface area (Å²) in [5.41, 5.74) is 8.56. The van der Waals surface area contributed by atoms with E-state index in [0.717, 1.165) is 76.1 Å². The van der Waals surface area contributed by atoms with E-state index in [2.05, 4.69) is 59.2 Å². The minimum Gasteiger partial charge on any atom is -0.493 e. The lowest BCUT2D eigenvalue weighted by molar-refractivity contribution is 0.0793. The summed E-state index contributed by atoms with van der Waals surface area (Å²) >= 11 is 0. The van der Waals surface area contributed by atoms with Gasteiger partial charge in [0.1, 0.15) is 5.82 Å². The molecule has 0 bridgehead atoms. The molecule has 1 aliphatic carbocycles. The zero-order valence-corrected chi connectivity index (χ0v) is 27.6. The number of carbonyl (C=O) groups excluding carboxylic acids is 1. The third kappa shape index (κ3) is 5.47. The van der Waals surface area contributed by atoms with Crippen molar-refractivity contribution in [1.82, 2.24) is 19.4 Å². The van der Waals surface area contributed by atoms with Crippen LogP contribution in [0.25, 0.3) is 55.7 Å². The van der Waals surface area contributed by atoms with Gasteiger partial charge >= 0.3 is 0 Å². The van der Waals surface area contributed by atoms with Crippen LogP contribution >= 0.6 is 0 Å². The van der Waals surface area contributed by atoms with Gasteiger partial charge in [-0.25, -0.2) is 9.97 Å². The molecule has 242 valence electrons. The number of hydrogen-bond donors (Lipinski definition) is 0. The largest absolute Gasteiger partial charge is 0.493 e. The van der Waals surface area contributed by atoms with E-state index in [4.69, 9.17) is 19.4 Å². The molecule has 1 aliphatic heterocycles. The number of carbonyl (C=O) groups is 1. The number of ether oxygens (including phenoxy) is 2. The molecule has 1 amide bonds. The van der Waals surface area contributed by atoms with Crippen molar-refractivity contribution in [1.29, 1.82) is 0 Å². The van der Waals surface area contributed by atoms with Gasteiger partial charge in [-0.2, -0.15) is 0 Å². The van der Waals surface area contributed by atoms with E-state index in [1.54, 1.807) is 14.2 Å². The third-order valence-electron chi connectivity index (χ3n) is 10.1. The monoisotopic (exact) mass is 636 g/mol. The Morgan fingerprint density at radius 1 is 0.688 bits per heavy atom. The topological polar surface area (TPSA) is 69.5 Å². The highest BCUT2D eigenvalue weighted by atomic mass is 16.5. The van der Waals surface area contributed by atoms with Crippen molar-refractivity contribution in [2.75, 3.05) is 27.3 Å². The maximum Gasteiger partial charge on any atom is 0.253 e. The van der Waals surface area contributed by atoms with E-state index in [9.17, 15) is 4.79 Å². The average Bonchev–Trinajstić information content (AvgIpc) is 3.83. The smallest absolute Gasteiger partial charge is 0.253 e. The molecule has 0 N–H and O–H groups in total.